The minimum Gasteiger partial charge on any atom is -0.335 e. The molecule has 2 amide bonds. The van der Waals surface area contributed by atoms with Gasteiger partial charge >= 0.3 is 6.03 Å². The van der Waals surface area contributed by atoms with Crippen LogP contribution < -0.4 is 15.4 Å². The smallest absolute Gasteiger partial charge is 0.319 e. The summed E-state index contributed by atoms with van der Waals surface area (Å²) in [5.74, 6) is 0. The van der Waals surface area contributed by atoms with Gasteiger partial charge in [0.15, 0.2) is 0 Å². The lowest BCUT2D eigenvalue weighted by Crippen LogP contribution is -2.30. The summed E-state index contributed by atoms with van der Waals surface area (Å²) in [6.45, 7) is 0. The number of anilines is 2. The van der Waals surface area contributed by atoms with Crippen LogP contribution in [-0.4, -0.2) is 20.5 Å². The summed E-state index contributed by atoms with van der Waals surface area (Å²) in [5.41, 5.74) is 1.05. The fourth-order valence-electron chi connectivity index (χ4n) is 1.82. The minimum absolute atomic E-state index is 0.241. The minimum atomic E-state index is -3.54. The van der Waals surface area contributed by atoms with Crippen LogP contribution in [0.1, 0.15) is 12.8 Å². The lowest BCUT2D eigenvalue weighted by Gasteiger charge is -2.09. The molecular weight excluding hydrogens is 322 g/mol. The Morgan fingerprint density at radius 3 is 2.36 bits per heavy atom. The second-order valence-electron chi connectivity index (χ2n) is 4.99. The van der Waals surface area contributed by atoms with E-state index in [0.29, 0.717) is 11.4 Å². The Balaban J connectivity index is 1.62. The molecule has 0 atom stereocenters. The molecule has 8 heteroatoms. The molecule has 1 aliphatic carbocycles. The first-order chi connectivity index (χ1) is 10.5. The van der Waals surface area contributed by atoms with Crippen LogP contribution >= 0.6 is 11.3 Å². The fraction of sp³-hybridized carbons (Fsp3) is 0.214. The van der Waals surface area contributed by atoms with Crippen LogP contribution in [0.15, 0.2) is 46.0 Å². The molecule has 2 aromatic rings. The maximum atomic E-state index is 12.1. The van der Waals surface area contributed by atoms with E-state index in [-0.39, 0.29) is 16.3 Å². The molecule has 1 heterocycles. The molecule has 3 rings (SSSR count). The Morgan fingerprint density at radius 2 is 1.77 bits per heavy atom. The number of sulfonamides is 1. The van der Waals surface area contributed by atoms with Crippen molar-refractivity contribution in [3.63, 3.8) is 0 Å². The van der Waals surface area contributed by atoms with E-state index in [1.165, 1.54) is 0 Å². The number of hydrogen-bond donors (Lipinski definition) is 3. The summed E-state index contributed by atoms with van der Waals surface area (Å²) >= 11 is 1.16. The van der Waals surface area contributed by atoms with Gasteiger partial charge in [-0.3, -0.25) is 4.72 Å². The highest BCUT2D eigenvalue weighted by Gasteiger charge is 2.23. The molecule has 1 aromatic carbocycles. The van der Waals surface area contributed by atoms with Gasteiger partial charge in [-0.15, -0.1) is 11.3 Å². The molecule has 116 valence electrons. The average Bonchev–Trinajstić information content (AvgIpc) is 3.09. The van der Waals surface area contributed by atoms with Crippen LogP contribution in [0, 0.1) is 0 Å². The molecule has 0 radical (unpaired) electrons. The monoisotopic (exact) mass is 337 g/mol. The Bertz CT molecular complexity index is 751. The van der Waals surface area contributed by atoms with E-state index in [2.05, 4.69) is 15.4 Å². The number of benzene rings is 1. The molecule has 6 nitrogen and oxygen atoms in total. The van der Waals surface area contributed by atoms with Gasteiger partial charge in [-0.25, -0.2) is 13.2 Å². The Morgan fingerprint density at radius 1 is 1.09 bits per heavy atom. The SMILES string of the molecule is O=C(Nc1ccc(NS(=O)(=O)c2cccs2)cc1)NC1CC1. The van der Waals surface area contributed by atoms with Crippen LogP contribution in [0.5, 0.6) is 0 Å². The number of carbonyl (C=O) groups excluding carboxylic acids is 1. The molecular formula is C14H15N3O3S2. The van der Waals surface area contributed by atoms with Gasteiger partial charge in [0.05, 0.1) is 0 Å². The summed E-state index contributed by atoms with van der Waals surface area (Å²) < 4.78 is 26.9. The third kappa shape index (κ3) is 3.77. The van der Waals surface area contributed by atoms with Gasteiger partial charge in [-0.2, -0.15) is 0 Å². The normalized spacial score (nSPS) is 14.4. The van der Waals surface area contributed by atoms with Gasteiger partial charge in [0, 0.05) is 17.4 Å². The van der Waals surface area contributed by atoms with Crippen molar-refractivity contribution < 1.29 is 13.2 Å². The summed E-state index contributed by atoms with van der Waals surface area (Å²) in [6.07, 6.45) is 2.05. The molecule has 3 N–H and O–H groups in total. The number of rotatable bonds is 5. The zero-order valence-corrected chi connectivity index (χ0v) is 13.2. The lowest BCUT2D eigenvalue weighted by atomic mass is 10.3. The third-order valence-electron chi connectivity index (χ3n) is 3.07. The van der Waals surface area contributed by atoms with Gasteiger partial charge < -0.3 is 10.6 Å². The van der Waals surface area contributed by atoms with Crippen molar-refractivity contribution in [1.82, 2.24) is 5.32 Å². The molecule has 0 aliphatic heterocycles. The van der Waals surface area contributed by atoms with Crippen molar-refractivity contribution >= 4 is 38.8 Å². The van der Waals surface area contributed by atoms with Crippen LogP contribution in [0.3, 0.4) is 0 Å². The predicted octanol–water partition coefficient (Wildman–Crippen LogP) is 2.83. The van der Waals surface area contributed by atoms with Gasteiger partial charge in [0.25, 0.3) is 10.0 Å². The highest BCUT2D eigenvalue weighted by atomic mass is 32.2. The summed E-state index contributed by atoms with van der Waals surface area (Å²) in [7, 11) is -3.54. The Kier molecular flexibility index (Phi) is 4.04. The van der Waals surface area contributed by atoms with Crippen molar-refractivity contribution in [3.8, 4) is 0 Å². The number of amides is 2. The van der Waals surface area contributed by atoms with Gasteiger partial charge in [-0.05, 0) is 48.6 Å². The highest BCUT2D eigenvalue weighted by Crippen LogP contribution is 2.22. The topological polar surface area (TPSA) is 87.3 Å². The first-order valence-corrected chi connectivity index (χ1v) is 9.13. The predicted molar refractivity (Wildman–Crippen MR) is 86.7 cm³/mol. The molecule has 0 unspecified atom stereocenters. The van der Waals surface area contributed by atoms with Crippen LogP contribution in [0.25, 0.3) is 0 Å². The first-order valence-electron chi connectivity index (χ1n) is 6.77. The Hall–Kier alpha value is -2.06. The van der Waals surface area contributed by atoms with E-state index in [0.717, 1.165) is 24.2 Å². The lowest BCUT2D eigenvalue weighted by molar-refractivity contribution is 0.251. The molecule has 0 bridgehead atoms. The fourth-order valence-corrected chi connectivity index (χ4v) is 3.88. The van der Waals surface area contributed by atoms with Crippen molar-refractivity contribution in [1.29, 1.82) is 0 Å². The standard InChI is InChI=1S/C14H15N3O3S2/c18-14(15-10-3-4-10)16-11-5-7-12(8-6-11)17-22(19,20)13-2-1-9-21-13/h1-2,5-10,17H,3-4H2,(H2,15,16,18). The number of thiophene rings is 1. The van der Waals surface area contributed by atoms with Crippen LogP contribution in [-0.2, 0) is 10.0 Å². The number of carbonyl (C=O) groups is 1. The second kappa shape index (κ2) is 5.98. The van der Waals surface area contributed by atoms with Crippen molar-refractivity contribution in [2.45, 2.75) is 23.1 Å². The third-order valence-corrected chi connectivity index (χ3v) is 5.85. The van der Waals surface area contributed by atoms with Crippen molar-refractivity contribution in [2.24, 2.45) is 0 Å². The average molecular weight is 337 g/mol. The van der Waals surface area contributed by atoms with Crippen molar-refractivity contribution in [2.75, 3.05) is 10.0 Å². The number of urea groups is 1. The van der Waals surface area contributed by atoms with E-state index < -0.39 is 10.0 Å². The zero-order chi connectivity index (χ0) is 15.6. The molecule has 1 saturated carbocycles. The molecule has 0 spiro atoms. The van der Waals surface area contributed by atoms with Gasteiger partial charge in [0.2, 0.25) is 0 Å². The van der Waals surface area contributed by atoms with E-state index >= 15 is 0 Å². The van der Waals surface area contributed by atoms with E-state index in [9.17, 15) is 13.2 Å². The first kappa shape index (κ1) is 14.9. The van der Waals surface area contributed by atoms with Gasteiger partial charge in [0.1, 0.15) is 4.21 Å². The maximum absolute atomic E-state index is 12.1. The zero-order valence-electron chi connectivity index (χ0n) is 11.6. The molecule has 22 heavy (non-hydrogen) atoms. The number of hydrogen-bond acceptors (Lipinski definition) is 4. The van der Waals surface area contributed by atoms with Crippen molar-refractivity contribution in [3.05, 3.63) is 41.8 Å². The Labute approximate surface area is 132 Å². The van der Waals surface area contributed by atoms with E-state index in [4.69, 9.17) is 0 Å². The second-order valence-corrected chi connectivity index (χ2v) is 7.84. The van der Waals surface area contributed by atoms with E-state index in [1.807, 2.05) is 0 Å². The summed E-state index contributed by atoms with van der Waals surface area (Å²) in [4.78, 5) is 11.6. The van der Waals surface area contributed by atoms with Crippen LogP contribution in [0.2, 0.25) is 0 Å². The maximum Gasteiger partial charge on any atom is 0.319 e. The largest absolute Gasteiger partial charge is 0.335 e. The highest BCUT2D eigenvalue weighted by molar-refractivity contribution is 7.94. The molecule has 1 aliphatic rings. The molecule has 1 aromatic heterocycles. The summed E-state index contributed by atoms with van der Waals surface area (Å²) in [5, 5.41) is 7.23. The number of nitrogens with one attached hydrogen (secondary N) is 3. The van der Waals surface area contributed by atoms with E-state index in [1.54, 1.807) is 41.8 Å². The molecule has 1 fully saturated rings. The van der Waals surface area contributed by atoms with Gasteiger partial charge in [-0.1, -0.05) is 6.07 Å². The molecule has 0 saturated heterocycles. The summed E-state index contributed by atoms with van der Waals surface area (Å²) in [6, 6.07) is 9.80. The quantitative estimate of drug-likeness (QED) is 0.784. The van der Waals surface area contributed by atoms with Crippen LogP contribution in [0.4, 0.5) is 16.2 Å².